The summed E-state index contributed by atoms with van der Waals surface area (Å²) < 4.78 is 65.1. The van der Waals surface area contributed by atoms with Crippen molar-refractivity contribution < 1.29 is 42.1 Å². The minimum atomic E-state index is -1.14. The molecule has 284 valence electrons. The predicted molar refractivity (Wildman–Crippen MR) is 191 cm³/mol. The minimum Gasteiger partial charge on any atom is -0.465 e. The first-order valence-corrected chi connectivity index (χ1v) is 18.4. The maximum atomic E-state index is 17.6. The third-order valence-corrected chi connectivity index (χ3v) is 11.6. The highest BCUT2D eigenvalue weighted by Gasteiger charge is 2.44. The number of carbonyl (C=O) groups is 2. The number of piperazine rings is 1. The Morgan fingerprint density at radius 3 is 2.50 bits per heavy atom. The number of carboxylic acid groups (broad SMARTS) is 1. The predicted octanol–water partition coefficient (Wildman–Crippen LogP) is 6.19. The molecule has 2 bridgehead atoms. The van der Waals surface area contributed by atoms with Crippen LogP contribution in [0.4, 0.5) is 33.6 Å². The van der Waals surface area contributed by atoms with E-state index in [9.17, 15) is 24.3 Å². The number of anilines is 2. The smallest absolute Gasteiger partial charge is 0.412 e. The van der Waals surface area contributed by atoms with Crippen LogP contribution in [0.5, 0.6) is 6.01 Å². The SMILES string of the molecule is CN1CC[C@H](F)[C@H]1COc1nc(N2C3CCC2CN(C(=O)O)C3)c2c3c(c(-c4ncc(F)c5sc(NC(=O)OC(C)(C)C)c(C#N)c45)c(F)c2n1)COC3. The molecule has 3 fully saturated rings. The Balaban J connectivity index is 1.32. The van der Waals surface area contributed by atoms with Crippen molar-refractivity contribution in [3.05, 3.63) is 34.5 Å². The summed E-state index contributed by atoms with van der Waals surface area (Å²) in [6, 6.07) is 0.749. The average Bonchev–Trinajstić information content (AvgIpc) is 3.87. The lowest BCUT2D eigenvalue weighted by Crippen LogP contribution is -2.55. The Kier molecular flexibility index (Phi) is 8.93. The van der Waals surface area contributed by atoms with Crippen molar-refractivity contribution in [2.75, 3.05) is 43.5 Å². The normalized spacial score (nSPS) is 22.6. The lowest BCUT2D eigenvalue weighted by Gasteiger charge is -2.41. The first-order valence-electron chi connectivity index (χ1n) is 17.6. The molecule has 0 spiro atoms. The lowest BCUT2D eigenvalue weighted by atomic mass is 9.93. The number of fused-ring (bicyclic) bond motifs is 6. The van der Waals surface area contributed by atoms with Crippen LogP contribution in [0, 0.1) is 23.0 Å². The van der Waals surface area contributed by atoms with Crippen LogP contribution < -0.4 is 15.0 Å². The van der Waals surface area contributed by atoms with E-state index in [-0.39, 0.29) is 88.4 Å². The highest BCUT2D eigenvalue weighted by molar-refractivity contribution is 7.23. The summed E-state index contributed by atoms with van der Waals surface area (Å²) in [5.41, 5.74) is -0.284. The molecule has 1 aromatic carbocycles. The second kappa shape index (κ2) is 13.4. The number of likely N-dealkylation sites (N-methyl/N-ethyl adjacent to an activating group) is 1. The Hall–Kier alpha value is -4.99. The molecule has 3 saturated heterocycles. The second-order valence-corrected chi connectivity index (χ2v) is 16.1. The highest BCUT2D eigenvalue weighted by Crippen LogP contribution is 2.48. The molecule has 4 aromatic rings. The zero-order valence-electron chi connectivity index (χ0n) is 29.9. The van der Waals surface area contributed by atoms with Gasteiger partial charge < -0.3 is 29.1 Å². The molecule has 4 atom stereocenters. The van der Waals surface area contributed by atoms with Crippen LogP contribution in [0.25, 0.3) is 32.2 Å². The number of aromatic nitrogens is 3. The van der Waals surface area contributed by atoms with Gasteiger partial charge in [0.25, 0.3) is 0 Å². The van der Waals surface area contributed by atoms with Crippen molar-refractivity contribution in [2.45, 2.75) is 83.1 Å². The molecule has 54 heavy (non-hydrogen) atoms. The van der Waals surface area contributed by atoms with Gasteiger partial charge in [0.2, 0.25) is 0 Å². The first-order chi connectivity index (χ1) is 25.7. The zero-order chi connectivity index (χ0) is 38.2. The summed E-state index contributed by atoms with van der Waals surface area (Å²) in [6.45, 7) is 5.90. The minimum absolute atomic E-state index is 0.00307. The van der Waals surface area contributed by atoms with E-state index in [0.29, 0.717) is 48.1 Å². The van der Waals surface area contributed by atoms with Crippen LogP contribution >= 0.6 is 11.3 Å². The molecule has 4 aliphatic heterocycles. The van der Waals surface area contributed by atoms with E-state index >= 15 is 8.78 Å². The molecular formula is C36H37F3N8O6S. The number of pyridine rings is 1. The van der Waals surface area contributed by atoms with Gasteiger partial charge in [-0.25, -0.2) is 22.8 Å². The van der Waals surface area contributed by atoms with Gasteiger partial charge >= 0.3 is 18.2 Å². The average molecular weight is 767 g/mol. The molecule has 0 saturated carbocycles. The number of rotatable bonds is 6. The number of nitrogens with one attached hydrogen (secondary N) is 1. The van der Waals surface area contributed by atoms with E-state index in [0.717, 1.165) is 17.5 Å². The molecule has 8 rings (SSSR count). The number of alkyl halides is 1. The number of hydrogen-bond acceptors (Lipinski definition) is 12. The van der Waals surface area contributed by atoms with Crippen LogP contribution in [0.15, 0.2) is 6.20 Å². The molecule has 0 aliphatic carbocycles. The van der Waals surface area contributed by atoms with Gasteiger partial charge in [-0.15, -0.1) is 11.3 Å². The van der Waals surface area contributed by atoms with E-state index < -0.39 is 41.6 Å². The molecule has 18 heteroatoms. The molecule has 3 aromatic heterocycles. The number of thiophene rings is 1. The van der Waals surface area contributed by atoms with E-state index in [1.807, 2.05) is 15.9 Å². The Morgan fingerprint density at radius 2 is 1.85 bits per heavy atom. The van der Waals surface area contributed by atoms with Crippen LogP contribution in [0.3, 0.4) is 0 Å². The third-order valence-electron chi connectivity index (χ3n) is 10.5. The molecule has 2 amide bonds. The summed E-state index contributed by atoms with van der Waals surface area (Å²) in [4.78, 5) is 43.6. The van der Waals surface area contributed by atoms with Crippen molar-refractivity contribution in [1.82, 2.24) is 24.8 Å². The number of halogens is 3. The number of nitrogens with zero attached hydrogens (tertiary/aromatic N) is 7. The summed E-state index contributed by atoms with van der Waals surface area (Å²) in [6.07, 6.45) is -0.386. The van der Waals surface area contributed by atoms with E-state index in [1.54, 1.807) is 27.8 Å². The zero-order valence-corrected chi connectivity index (χ0v) is 30.7. The number of carbonyl (C=O) groups excluding carboxylic acids is 1. The van der Waals surface area contributed by atoms with Crippen LogP contribution in [-0.2, 0) is 22.7 Å². The maximum Gasteiger partial charge on any atom is 0.412 e. The molecule has 2 unspecified atom stereocenters. The van der Waals surface area contributed by atoms with Crippen LogP contribution in [0.2, 0.25) is 0 Å². The largest absolute Gasteiger partial charge is 0.465 e. The number of ether oxygens (including phenoxy) is 3. The monoisotopic (exact) mass is 766 g/mol. The Bertz CT molecular complexity index is 2240. The van der Waals surface area contributed by atoms with Crippen molar-refractivity contribution >= 4 is 55.3 Å². The number of hydrogen-bond donors (Lipinski definition) is 2. The highest BCUT2D eigenvalue weighted by atomic mass is 32.1. The Labute approximate surface area is 311 Å². The maximum absolute atomic E-state index is 17.6. The van der Waals surface area contributed by atoms with Gasteiger partial charge in [0, 0.05) is 42.7 Å². The Morgan fingerprint density at radius 1 is 1.13 bits per heavy atom. The topological polar surface area (TPSA) is 166 Å². The van der Waals surface area contributed by atoms with Crippen molar-refractivity contribution in [3.8, 4) is 23.3 Å². The fraction of sp³-hybridized carbons (Fsp3) is 0.500. The van der Waals surface area contributed by atoms with Gasteiger partial charge in [-0.3, -0.25) is 15.2 Å². The molecule has 7 heterocycles. The quantitative estimate of drug-likeness (QED) is 0.229. The fourth-order valence-electron chi connectivity index (χ4n) is 8.10. The number of benzene rings is 1. The van der Waals surface area contributed by atoms with Gasteiger partial charge in [0.05, 0.1) is 46.8 Å². The molecular weight excluding hydrogens is 730 g/mol. The molecule has 14 nitrogen and oxygen atoms in total. The summed E-state index contributed by atoms with van der Waals surface area (Å²) in [5, 5.41) is 23.0. The van der Waals surface area contributed by atoms with Crippen molar-refractivity contribution in [3.63, 3.8) is 0 Å². The summed E-state index contributed by atoms with van der Waals surface area (Å²) in [5.74, 6) is -1.27. The second-order valence-electron chi connectivity index (χ2n) is 15.0. The first kappa shape index (κ1) is 36.0. The van der Waals surface area contributed by atoms with Crippen molar-refractivity contribution in [2.24, 2.45) is 0 Å². The van der Waals surface area contributed by atoms with E-state index in [4.69, 9.17) is 19.2 Å². The standard InChI is InChI=1S/C36H37F3N8O6S/c1-36(2,3)53-34(48)44-32-18(9-40)25-28(41-10-22(38)30(25)54-32)24-19-13-51-14-20(19)26-29(27(24)39)42-33(52-15-23-21(37)7-8-45(23)4)43-31(26)47-16-5-6-17(47)12-46(11-16)35(49)50/h10,16-17,21,23H,5-8,11-15H2,1-4H3,(H,44,48)(H,49,50)/t16?,17?,21-,23+/m0/s1. The van der Waals surface area contributed by atoms with Gasteiger partial charge in [-0.05, 0) is 58.2 Å². The summed E-state index contributed by atoms with van der Waals surface area (Å²) in [7, 11) is 1.79. The van der Waals surface area contributed by atoms with Crippen LogP contribution in [-0.4, -0.2) is 105 Å². The van der Waals surface area contributed by atoms with Gasteiger partial charge in [0.1, 0.15) is 40.8 Å². The lowest BCUT2D eigenvalue weighted by molar-refractivity contribution is 0.0636. The van der Waals surface area contributed by atoms with E-state index in [2.05, 4.69) is 15.3 Å². The fourth-order valence-corrected chi connectivity index (χ4v) is 9.14. The van der Waals surface area contributed by atoms with Crippen LogP contribution in [0.1, 0.15) is 56.7 Å². The van der Waals surface area contributed by atoms with Crippen molar-refractivity contribution in [1.29, 1.82) is 5.26 Å². The van der Waals surface area contributed by atoms with E-state index in [1.165, 1.54) is 4.90 Å². The van der Waals surface area contributed by atoms with Gasteiger partial charge in [-0.1, -0.05) is 0 Å². The number of nitriles is 1. The number of likely N-dealkylation sites (tertiary alicyclic amines) is 2. The molecule has 4 aliphatic rings. The third kappa shape index (κ3) is 6.07. The molecule has 2 N–H and O–H groups in total. The van der Waals surface area contributed by atoms with Gasteiger partial charge in [0.15, 0.2) is 11.6 Å². The summed E-state index contributed by atoms with van der Waals surface area (Å²) >= 11 is 0.797. The molecule has 0 radical (unpaired) electrons. The number of amides is 2. The van der Waals surface area contributed by atoms with Gasteiger partial charge in [-0.2, -0.15) is 15.2 Å².